The summed E-state index contributed by atoms with van der Waals surface area (Å²) < 4.78 is 11.0. The Balaban J connectivity index is 1.43. The molecule has 35 heavy (non-hydrogen) atoms. The Bertz CT molecular complexity index is 827. The van der Waals surface area contributed by atoms with E-state index < -0.39 is 0 Å². The van der Waals surface area contributed by atoms with E-state index in [2.05, 4.69) is 13.8 Å². The summed E-state index contributed by atoms with van der Waals surface area (Å²) in [5.41, 5.74) is 0.534. The zero-order valence-electron chi connectivity index (χ0n) is 22.8. The van der Waals surface area contributed by atoms with Crippen LogP contribution in [0.4, 0.5) is 0 Å². The SMILES string of the molecule is COc1ccc2ccccc2c1C(=O)OCCCCCCCCCCCCCCCCCC(C)C. The molecule has 3 heteroatoms. The van der Waals surface area contributed by atoms with Crippen LogP contribution >= 0.6 is 0 Å². The first kappa shape index (κ1) is 29.2. The van der Waals surface area contributed by atoms with E-state index in [-0.39, 0.29) is 5.97 Å². The van der Waals surface area contributed by atoms with Gasteiger partial charge in [0, 0.05) is 0 Å². The number of esters is 1. The fourth-order valence-corrected chi connectivity index (χ4v) is 4.82. The third-order valence-electron chi connectivity index (χ3n) is 6.97. The average molecular weight is 483 g/mol. The maximum absolute atomic E-state index is 12.7. The van der Waals surface area contributed by atoms with E-state index in [1.54, 1.807) is 7.11 Å². The molecule has 0 aromatic heterocycles. The van der Waals surface area contributed by atoms with Crippen molar-refractivity contribution in [2.75, 3.05) is 13.7 Å². The van der Waals surface area contributed by atoms with Crippen molar-refractivity contribution in [3.8, 4) is 5.75 Å². The maximum atomic E-state index is 12.7. The standard InChI is InChI=1S/C32H50O3/c1-27(2)21-17-15-13-11-9-7-5-4-6-8-10-12-14-16-20-26-35-32(33)31-29-23-19-18-22-28(29)24-25-30(31)34-3/h18-19,22-25,27H,4-17,20-21,26H2,1-3H3. The number of fused-ring (bicyclic) bond motifs is 1. The Morgan fingerprint density at radius 1 is 0.686 bits per heavy atom. The molecule has 196 valence electrons. The second kappa shape index (κ2) is 18.3. The molecule has 2 aromatic rings. The van der Waals surface area contributed by atoms with E-state index in [4.69, 9.17) is 9.47 Å². The lowest BCUT2D eigenvalue weighted by atomic mass is 10.0. The lowest BCUT2D eigenvalue weighted by molar-refractivity contribution is 0.0496. The van der Waals surface area contributed by atoms with Crippen molar-refractivity contribution in [2.24, 2.45) is 5.92 Å². The molecule has 0 aliphatic carbocycles. The van der Waals surface area contributed by atoms with Gasteiger partial charge in [0.2, 0.25) is 0 Å². The second-order valence-electron chi connectivity index (χ2n) is 10.5. The van der Waals surface area contributed by atoms with Crippen molar-refractivity contribution in [2.45, 2.75) is 117 Å². The smallest absolute Gasteiger partial charge is 0.342 e. The largest absolute Gasteiger partial charge is 0.496 e. The summed E-state index contributed by atoms with van der Waals surface area (Å²) in [5, 5.41) is 1.90. The van der Waals surface area contributed by atoms with E-state index in [9.17, 15) is 4.79 Å². The van der Waals surface area contributed by atoms with E-state index in [1.807, 2.05) is 36.4 Å². The zero-order chi connectivity index (χ0) is 25.1. The van der Waals surface area contributed by atoms with Crippen LogP contribution in [0.25, 0.3) is 10.8 Å². The van der Waals surface area contributed by atoms with Crippen LogP contribution in [0, 0.1) is 5.92 Å². The van der Waals surface area contributed by atoms with Crippen LogP contribution in [-0.4, -0.2) is 19.7 Å². The van der Waals surface area contributed by atoms with E-state index >= 15 is 0 Å². The van der Waals surface area contributed by atoms with Gasteiger partial charge in [0.15, 0.2) is 0 Å². The van der Waals surface area contributed by atoms with Crippen molar-refractivity contribution >= 4 is 16.7 Å². The number of hydrogen-bond acceptors (Lipinski definition) is 3. The van der Waals surface area contributed by atoms with Crippen molar-refractivity contribution < 1.29 is 14.3 Å². The monoisotopic (exact) mass is 482 g/mol. The third kappa shape index (κ3) is 12.0. The maximum Gasteiger partial charge on any atom is 0.342 e. The highest BCUT2D eigenvalue weighted by atomic mass is 16.5. The Labute approximate surface area is 215 Å². The molecule has 2 rings (SSSR count). The lowest BCUT2D eigenvalue weighted by Crippen LogP contribution is -2.09. The molecule has 2 aromatic carbocycles. The molecular formula is C32H50O3. The number of rotatable bonds is 20. The van der Waals surface area contributed by atoms with E-state index in [0.29, 0.717) is 17.9 Å². The van der Waals surface area contributed by atoms with Gasteiger partial charge in [-0.1, -0.05) is 140 Å². The van der Waals surface area contributed by atoms with Gasteiger partial charge in [0.1, 0.15) is 11.3 Å². The van der Waals surface area contributed by atoms with Gasteiger partial charge in [-0.05, 0) is 29.2 Å². The number of carbonyl (C=O) groups excluding carboxylic acids is 1. The first-order chi connectivity index (χ1) is 17.1. The van der Waals surface area contributed by atoms with Crippen molar-refractivity contribution in [3.05, 3.63) is 42.0 Å². The minimum atomic E-state index is -0.287. The van der Waals surface area contributed by atoms with Crippen LogP contribution in [0.1, 0.15) is 127 Å². The zero-order valence-corrected chi connectivity index (χ0v) is 22.8. The summed E-state index contributed by atoms with van der Waals surface area (Å²) in [6, 6.07) is 11.7. The molecule has 0 atom stereocenters. The minimum absolute atomic E-state index is 0.287. The fourth-order valence-electron chi connectivity index (χ4n) is 4.82. The molecule has 0 bridgehead atoms. The average Bonchev–Trinajstić information content (AvgIpc) is 2.86. The molecule has 0 aliphatic heterocycles. The lowest BCUT2D eigenvalue weighted by Gasteiger charge is -2.12. The molecule has 0 heterocycles. The summed E-state index contributed by atoms with van der Waals surface area (Å²) in [6.45, 7) is 5.13. The topological polar surface area (TPSA) is 35.5 Å². The number of hydrogen-bond donors (Lipinski definition) is 0. The number of methoxy groups -OCH3 is 1. The molecule has 0 radical (unpaired) electrons. The molecule has 0 aliphatic rings. The quantitative estimate of drug-likeness (QED) is 0.139. The van der Waals surface area contributed by atoms with E-state index in [0.717, 1.165) is 29.5 Å². The van der Waals surface area contributed by atoms with Gasteiger partial charge >= 0.3 is 5.97 Å². The Kier molecular flexibility index (Phi) is 15.2. The summed E-state index contributed by atoms with van der Waals surface area (Å²) in [4.78, 5) is 12.7. The molecular weight excluding hydrogens is 432 g/mol. The van der Waals surface area contributed by atoms with Crippen LogP contribution in [-0.2, 0) is 4.74 Å². The first-order valence-electron chi connectivity index (χ1n) is 14.4. The Hall–Kier alpha value is -2.03. The van der Waals surface area contributed by atoms with Gasteiger partial charge in [-0.2, -0.15) is 0 Å². The number of unbranched alkanes of at least 4 members (excludes halogenated alkanes) is 14. The van der Waals surface area contributed by atoms with Crippen LogP contribution in [0.2, 0.25) is 0 Å². The normalized spacial score (nSPS) is 11.3. The van der Waals surface area contributed by atoms with Gasteiger partial charge in [-0.15, -0.1) is 0 Å². The predicted octanol–water partition coefficient (Wildman–Crippen LogP) is 9.90. The summed E-state index contributed by atoms with van der Waals surface area (Å²) in [7, 11) is 1.59. The first-order valence-corrected chi connectivity index (χ1v) is 14.4. The molecule has 0 spiro atoms. The van der Waals surface area contributed by atoms with Crippen LogP contribution in [0.15, 0.2) is 36.4 Å². The highest BCUT2D eigenvalue weighted by Gasteiger charge is 2.17. The molecule has 0 saturated heterocycles. The molecule has 0 N–H and O–H groups in total. The summed E-state index contributed by atoms with van der Waals surface area (Å²) >= 11 is 0. The fraction of sp³-hybridized carbons (Fsp3) is 0.656. The number of benzene rings is 2. The van der Waals surface area contributed by atoms with Gasteiger partial charge in [0.05, 0.1) is 13.7 Å². The minimum Gasteiger partial charge on any atom is -0.496 e. The second-order valence-corrected chi connectivity index (χ2v) is 10.5. The van der Waals surface area contributed by atoms with Crippen LogP contribution in [0.5, 0.6) is 5.75 Å². The van der Waals surface area contributed by atoms with Gasteiger partial charge in [-0.3, -0.25) is 0 Å². The molecule has 0 saturated carbocycles. The third-order valence-corrected chi connectivity index (χ3v) is 6.97. The number of carbonyl (C=O) groups is 1. The molecule has 0 amide bonds. The van der Waals surface area contributed by atoms with Crippen LogP contribution < -0.4 is 4.74 Å². The van der Waals surface area contributed by atoms with Crippen molar-refractivity contribution in [3.63, 3.8) is 0 Å². The van der Waals surface area contributed by atoms with E-state index in [1.165, 1.54) is 89.9 Å². The highest BCUT2D eigenvalue weighted by Crippen LogP contribution is 2.28. The van der Waals surface area contributed by atoms with Gasteiger partial charge in [0.25, 0.3) is 0 Å². The van der Waals surface area contributed by atoms with Crippen molar-refractivity contribution in [1.29, 1.82) is 0 Å². The molecule has 3 nitrogen and oxygen atoms in total. The Morgan fingerprint density at radius 3 is 1.74 bits per heavy atom. The summed E-state index contributed by atoms with van der Waals surface area (Å²) in [5.74, 6) is 1.15. The van der Waals surface area contributed by atoms with Crippen molar-refractivity contribution in [1.82, 2.24) is 0 Å². The number of ether oxygens (including phenoxy) is 2. The molecule has 0 unspecified atom stereocenters. The molecule has 0 fully saturated rings. The highest BCUT2D eigenvalue weighted by molar-refractivity contribution is 6.07. The Morgan fingerprint density at radius 2 is 1.20 bits per heavy atom. The summed E-state index contributed by atoms with van der Waals surface area (Å²) in [6.07, 6.45) is 21.4. The predicted molar refractivity (Wildman–Crippen MR) is 149 cm³/mol. The van der Waals surface area contributed by atoms with Gasteiger partial charge in [-0.25, -0.2) is 4.79 Å². The van der Waals surface area contributed by atoms with Gasteiger partial charge < -0.3 is 9.47 Å². The van der Waals surface area contributed by atoms with Crippen LogP contribution in [0.3, 0.4) is 0 Å².